The number of carbonyl (C=O) groups excluding carboxylic acids is 3. The predicted octanol–water partition coefficient (Wildman–Crippen LogP) is 2.33. The number of carboxylic acid groups (broad SMARTS) is 1. The van der Waals surface area contributed by atoms with Crippen LogP contribution in [-0.2, 0) is 20.8 Å². The lowest BCUT2D eigenvalue weighted by atomic mass is 10.1. The summed E-state index contributed by atoms with van der Waals surface area (Å²) in [6.45, 7) is 5.17. The van der Waals surface area contributed by atoms with Crippen LogP contribution in [0.5, 0.6) is 0 Å². The van der Waals surface area contributed by atoms with E-state index in [0.717, 1.165) is 11.3 Å². The molecule has 0 aromatic carbocycles. The molecule has 1 amide bonds. The largest absolute Gasteiger partial charge is 0.481 e. The van der Waals surface area contributed by atoms with E-state index in [1.807, 2.05) is 0 Å². The first-order valence-corrected chi connectivity index (χ1v) is 9.64. The third-order valence-electron chi connectivity index (χ3n) is 3.80. The zero-order chi connectivity index (χ0) is 21.6. The van der Waals surface area contributed by atoms with E-state index in [1.54, 1.807) is 20.8 Å². The Morgan fingerprint density at radius 2 is 1.83 bits per heavy atom. The monoisotopic (exact) mass is 423 g/mol. The number of ether oxygens (including phenoxy) is 2. The second-order valence-electron chi connectivity index (χ2n) is 5.74. The number of hydrogen-bond acceptors (Lipinski definition) is 8. The van der Waals surface area contributed by atoms with Crippen LogP contribution in [0.25, 0.3) is 0 Å². The van der Waals surface area contributed by atoms with Crippen LogP contribution < -0.4 is 5.32 Å². The Balaban J connectivity index is 2.36. The summed E-state index contributed by atoms with van der Waals surface area (Å²) in [5, 5.41) is 15.5. The number of rotatable bonds is 9. The molecule has 2 heterocycles. The fourth-order valence-corrected chi connectivity index (χ4v) is 3.60. The number of esters is 2. The van der Waals surface area contributed by atoms with Gasteiger partial charge >= 0.3 is 17.9 Å². The van der Waals surface area contributed by atoms with E-state index in [4.69, 9.17) is 14.6 Å². The number of aliphatic carboxylic acids is 1. The quantitative estimate of drug-likeness (QED) is 0.586. The minimum absolute atomic E-state index is 0.00731. The van der Waals surface area contributed by atoms with Gasteiger partial charge < -0.3 is 19.9 Å². The van der Waals surface area contributed by atoms with Crippen LogP contribution in [-0.4, -0.2) is 51.9 Å². The van der Waals surface area contributed by atoms with E-state index in [2.05, 4.69) is 10.4 Å². The fraction of sp³-hybridized carbons (Fsp3) is 0.389. The summed E-state index contributed by atoms with van der Waals surface area (Å²) in [6, 6.07) is 1.42. The van der Waals surface area contributed by atoms with Crippen LogP contribution in [0.1, 0.15) is 56.3 Å². The SMILES string of the molecule is CCOC(=O)c1sc(NC(=O)c2ccnn2CCC(=O)O)c(C(=O)OCC)c1C. The highest BCUT2D eigenvalue weighted by Crippen LogP contribution is 2.34. The van der Waals surface area contributed by atoms with Crippen molar-refractivity contribution in [3.63, 3.8) is 0 Å². The normalized spacial score (nSPS) is 10.4. The minimum Gasteiger partial charge on any atom is -0.481 e. The molecule has 0 saturated carbocycles. The van der Waals surface area contributed by atoms with Gasteiger partial charge in [0.25, 0.3) is 5.91 Å². The van der Waals surface area contributed by atoms with Crippen LogP contribution in [0.15, 0.2) is 12.3 Å². The number of nitrogens with one attached hydrogen (secondary N) is 1. The smallest absolute Gasteiger partial charge is 0.348 e. The van der Waals surface area contributed by atoms with Crippen molar-refractivity contribution in [2.45, 2.75) is 33.7 Å². The third kappa shape index (κ3) is 5.19. The Labute approximate surface area is 170 Å². The van der Waals surface area contributed by atoms with Crippen molar-refractivity contribution in [2.24, 2.45) is 0 Å². The zero-order valence-corrected chi connectivity index (χ0v) is 17.0. The van der Waals surface area contributed by atoms with Crippen LogP contribution in [0, 0.1) is 6.92 Å². The minimum atomic E-state index is -1.02. The molecule has 156 valence electrons. The van der Waals surface area contributed by atoms with Crippen molar-refractivity contribution in [3.8, 4) is 0 Å². The third-order valence-corrected chi connectivity index (χ3v) is 4.99. The number of anilines is 1. The van der Waals surface area contributed by atoms with E-state index in [-0.39, 0.29) is 47.3 Å². The summed E-state index contributed by atoms with van der Waals surface area (Å²) in [7, 11) is 0. The highest BCUT2D eigenvalue weighted by atomic mass is 32.1. The van der Waals surface area contributed by atoms with Crippen molar-refractivity contribution in [3.05, 3.63) is 34.0 Å². The van der Waals surface area contributed by atoms with Crippen molar-refractivity contribution in [1.82, 2.24) is 9.78 Å². The van der Waals surface area contributed by atoms with E-state index in [1.165, 1.54) is 16.9 Å². The molecular formula is C18H21N3O7S. The second-order valence-corrected chi connectivity index (χ2v) is 6.76. The molecular weight excluding hydrogens is 402 g/mol. The first kappa shape index (κ1) is 22.1. The molecule has 2 N–H and O–H groups in total. The summed E-state index contributed by atoms with van der Waals surface area (Å²) in [5.74, 6) is -2.90. The molecule has 0 aliphatic rings. The molecule has 0 bridgehead atoms. The molecule has 0 unspecified atom stereocenters. The van der Waals surface area contributed by atoms with E-state index in [0.29, 0.717) is 5.56 Å². The maximum atomic E-state index is 12.7. The van der Waals surface area contributed by atoms with Gasteiger partial charge in [-0.15, -0.1) is 11.3 Å². The number of aromatic nitrogens is 2. The van der Waals surface area contributed by atoms with Gasteiger partial charge in [-0.25, -0.2) is 9.59 Å². The van der Waals surface area contributed by atoms with Crippen molar-refractivity contribution in [1.29, 1.82) is 0 Å². The van der Waals surface area contributed by atoms with Gasteiger partial charge in [0.1, 0.15) is 15.6 Å². The molecule has 0 atom stereocenters. The van der Waals surface area contributed by atoms with Crippen LogP contribution in [0.4, 0.5) is 5.00 Å². The second kappa shape index (κ2) is 9.82. The first-order chi connectivity index (χ1) is 13.8. The van der Waals surface area contributed by atoms with Crippen molar-refractivity contribution in [2.75, 3.05) is 18.5 Å². The molecule has 2 aromatic rings. The molecule has 0 aliphatic carbocycles. The Bertz CT molecular complexity index is 932. The summed E-state index contributed by atoms with van der Waals surface area (Å²) >= 11 is 0.907. The van der Waals surface area contributed by atoms with Crippen LogP contribution >= 0.6 is 11.3 Å². The zero-order valence-electron chi connectivity index (χ0n) is 16.2. The molecule has 11 heteroatoms. The Morgan fingerprint density at radius 1 is 1.17 bits per heavy atom. The predicted molar refractivity (Wildman–Crippen MR) is 103 cm³/mol. The Kier molecular flexibility index (Phi) is 7.48. The van der Waals surface area contributed by atoms with Gasteiger partial charge in [-0.05, 0) is 32.4 Å². The van der Waals surface area contributed by atoms with Crippen molar-refractivity contribution < 1.29 is 33.8 Å². The van der Waals surface area contributed by atoms with E-state index in [9.17, 15) is 19.2 Å². The Morgan fingerprint density at radius 3 is 2.45 bits per heavy atom. The topological polar surface area (TPSA) is 137 Å². The number of thiophene rings is 1. The molecule has 0 saturated heterocycles. The number of hydrogen-bond donors (Lipinski definition) is 2. The van der Waals surface area contributed by atoms with E-state index >= 15 is 0 Å². The fourth-order valence-electron chi connectivity index (χ4n) is 2.51. The van der Waals surface area contributed by atoms with Gasteiger partial charge in [0, 0.05) is 6.20 Å². The first-order valence-electron chi connectivity index (χ1n) is 8.82. The number of aryl methyl sites for hydroxylation is 1. The molecule has 0 fully saturated rings. The number of carboxylic acids is 1. The lowest BCUT2D eigenvalue weighted by molar-refractivity contribution is -0.137. The van der Waals surface area contributed by atoms with Crippen molar-refractivity contribution >= 4 is 40.2 Å². The lowest BCUT2D eigenvalue weighted by Crippen LogP contribution is -2.20. The maximum Gasteiger partial charge on any atom is 0.348 e. The summed E-state index contributed by atoms with van der Waals surface area (Å²) in [6.07, 6.45) is 1.16. The van der Waals surface area contributed by atoms with Gasteiger partial charge in [-0.1, -0.05) is 0 Å². The van der Waals surface area contributed by atoms with Gasteiger partial charge in [0.15, 0.2) is 0 Å². The van der Waals surface area contributed by atoms with Gasteiger partial charge in [-0.3, -0.25) is 14.3 Å². The molecule has 29 heavy (non-hydrogen) atoms. The lowest BCUT2D eigenvalue weighted by Gasteiger charge is -2.08. The van der Waals surface area contributed by atoms with Crippen LogP contribution in [0.3, 0.4) is 0 Å². The van der Waals surface area contributed by atoms with Gasteiger partial charge in [0.2, 0.25) is 0 Å². The Hall–Kier alpha value is -3.21. The number of nitrogens with zero attached hydrogens (tertiary/aromatic N) is 2. The molecule has 10 nitrogen and oxygen atoms in total. The number of carbonyl (C=O) groups is 4. The summed E-state index contributed by atoms with van der Waals surface area (Å²) < 4.78 is 11.3. The molecule has 0 spiro atoms. The van der Waals surface area contributed by atoms with Gasteiger partial charge in [-0.2, -0.15) is 5.10 Å². The average Bonchev–Trinajstić information content (AvgIpc) is 3.25. The highest BCUT2D eigenvalue weighted by Gasteiger charge is 2.28. The molecule has 0 aliphatic heterocycles. The van der Waals surface area contributed by atoms with E-state index < -0.39 is 23.8 Å². The average molecular weight is 423 g/mol. The standard InChI is InChI=1S/C18H21N3O7S/c1-4-27-17(25)13-10(3)14(18(26)28-5-2)29-16(13)20-15(24)11-6-8-19-21(11)9-7-12(22)23/h6,8H,4-5,7,9H2,1-3H3,(H,20,24)(H,22,23). The highest BCUT2D eigenvalue weighted by molar-refractivity contribution is 7.18. The molecule has 2 aromatic heterocycles. The van der Waals surface area contributed by atoms with Crippen LogP contribution in [0.2, 0.25) is 0 Å². The number of amides is 1. The molecule has 2 rings (SSSR count). The summed E-state index contributed by atoms with van der Waals surface area (Å²) in [5.41, 5.74) is 0.538. The summed E-state index contributed by atoms with van der Waals surface area (Å²) in [4.78, 5) is 48.2. The maximum absolute atomic E-state index is 12.7. The molecule has 0 radical (unpaired) electrons. The van der Waals surface area contributed by atoms with Gasteiger partial charge in [0.05, 0.1) is 31.7 Å².